The van der Waals surface area contributed by atoms with Crippen molar-refractivity contribution in [2.75, 3.05) is 33.2 Å². The zero-order chi connectivity index (χ0) is 30.9. The summed E-state index contributed by atoms with van der Waals surface area (Å²) in [6.45, 7) is 1.60. The minimum atomic E-state index is -5.08. The molecule has 0 spiro atoms. The fourth-order valence-electron chi connectivity index (χ4n) is 5.12. The average molecular weight is 670 g/mol. The third-order valence-corrected chi connectivity index (χ3v) is 8.33. The highest BCUT2D eigenvalue weighted by atomic mass is 35.5. The topological polar surface area (TPSA) is 43.8 Å². The molecule has 4 nitrogen and oxygen atoms in total. The number of nitrogens with zero attached hydrogens (tertiary/aromatic N) is 2. The number of aliphatic hydroxyl groups is 1. The first-order valence-corrected chi connectivity index (χ1v) is 13.8. The van der Waals surface area contributed by atoms with E-state index >= 15 is 0 Å². The van der Waals surface area contributed by atoms with Crippen molar-refractivity contribution in [2.24, 2.45) is 0 Å². The van der Waals surface area contributed by atoms with Crippen LogP contribution in [0.1, 0.15) is 46.6 Å². The van der Waals surface area contributed by atoms with Crippen molar-refractivity contribution in [2.45, 2.75) is 36.7 Å². The predicted molar refractivity (Wildman–Crippen MR) is 156 cm³/mol. The number of halogens is 9. The van der Waals surface area contributed by atoms with Gasteiger partial charge in [0, 0.05) is 33.2 Å². The largest absolute Gasteiger partial charge is 0.416 e. The number of carbonyl (C=O) groups is 1. The molecule has 0 aliphatic carbocycles. The fourth-order valence-corrected chi connectivity index (χ4v) is 5.43. The van der Waals surface area contributed by atoms with Crippen molar-refractivity contribution in [1.29, 1.82) is 0 Å². The molecule has 43 heavy (non-hydrogen) atoms. The number of carbonyl (C=O) groups excluding carboxylic acids is 1. The molecule has 1 N–H and O–H groups in total. The highest BCUT2D eigenvalue weighted by Crippen LogP contribution is 2.40. The van der Waals surface area contributed by atoms with Gasteiger partial charge in [-0.15, -0.1) is 12.4 Å². The maximum atomic E-state index is 13.8. The van der Waals surface area contributed by atoms with Crippen LogP contribution < -0.4 is 0 Å². The van der Waals surface area contributed by atoms with Crippen molar-refractivity contribution < 1.29 is 36.2 Å². The van der Waals surface area contributed by atoms with Crippen LogP contribution in [0.5, 0.6) is 0 Å². The number of likely N-dealkylation sites (N-methyl/N-ethyl adjacent to an activating group) is 1. The first-order chi connectivity index (χ1) is 19.6. The molecule has 1 heterocycles. The SMILES string of the molecule is CN(CCN1CCC(O)(c2ccccc2)CC1)C(=O)C(c1cc(C(F)(F)F)cc(C(F)(F)F)c1)c1ccc(Cl)c(Cl)c1.Cl. The Hall–Kier alpha value is -2.50. The van der Waals surface area contributed by atoms with Crippen LogP contribution in [0, 0.1) is 0 Å². The Morgan fingerprint density at radius 2 is 1.44 bits per heavy atom. The summed E-state index contributed by atoms with van der Waals surface area (Å²) in [7, 11) is 1.44. The number of rotatable bonds is 7. The van der Waals surface area contributed by atoms with Crippen LogP contribution in [0.2, 0.25) is 10.0 Å². The number of hydrogen-bond acceptors (Lipinski definition) is 3. The first-order valence-electron chi connectivity index (χ1n) is 13.1. The molecular weight excluding hydrogens is 641 g/mol. The minimum absolute atomic E-state index is 0. The number of hydrogen-bond donors (Lipinski definition) is 1. The van der Waals surface area contributed by atoms with E-state index in [1.54, 1.807) is 0 Å². The zero-order valence-corrected chi connectivity index (χ0v) is 25.2. The molecule has 1 unspecified atom stereocenters. The van der Waals surface area contributed by atoms with Crippen molar-refractivity contribution >= 4 is 41.5 Å². The zero-order valence-electron chi connectivity index (χ0n) is 22.9. The lowest BCUT2D eigenvalue weighted by molar-refractivity contribution is -0.143. The monoisotopic (exact) mass is 668 g/mol. The van der Waals surface area contributed by atoms with E-state index in [4.69, 9.17) is 23.2 Å². The standard InChI is InChI=1S/C30H28Cl2F6N2O2.ClH/c1-39(13-14-40-11-9-28(42,10-12-40)21-5-3-2-4-6-21)27(41)26(19-7-8-24(31)25(32)17-19)20-15-22(29(33,34)35)18-23(16-20)30(36,37)38;/h2-8,15-18,26,42H,9-14H2,1H3;1H. The van der Waals surface area contributed by atoms with Crippen LogP contribution in [-0.4, -0.2) is 54.0 Å². The van der Waals surface area contributed by atoms with Gasteiger partial charge in [-0.05, 0) is 59.9 Å². The molecule has 4 rings (SSSR count). The van der Waals surface area contributed by atoms with Crippen LogP contribution in [0.3, 0.4) is 0 Å². The quantitative estimate of drug-likeness (QED) is 0.259. The van der Waals surface area contributed by atoms with E-state index in [-0.39, 0.29) is 40.6 Å². The molecule has 3 aromatic carbocycles. The normalized spacial score (nSPS) is 16.3. The third kappa shape index (κ3) is 8.36. The highest BCUT2D eigenvalue weighted by Gasteiger charge is 2.39. The van der Waals surface area contributed by atoms with E-state index in [2.05, 4.69) is 0 Å². The molecule has 0 bridgehead atoms. The minimum Gasteiger partial charge on any atom is -0.385 e. The summed E-state index contributed by atoms with van der Waals surface area (Å²) < 4.78 is 81.9. The summed E-state index contributed by atoms with van der Waals surface area (Å²) in [5.41, 5.74) is -3.57. The van der Waals surface area contributed by atoms with Gasteiger partial charge in [0.05, 0.1) is 32.7 Å². The summed E-state index contributed by atoms with van der Waals surface area (Å²) in [4.78, 5) is 17.1. The van der Waals surface area contributed by atoms with Gasteiger partial charge in [0.2, 0.25) is 5.91 Å². The first kappa shape index (κ1) is 35.0. The lowest BCUT2D eigenvalue weighted by atomic mass is 9.84. The number of alkyl halides is 6. The van der Waals surface area contributed by atoms with Gasteiger partial charge in [-0.2, -0.15) is 26.3 Å². The van der Waals surface area contributed by atoms with Crippen LogP contribution >= 0.6 is 35.6 Å². The van der Waals surface area contributed by atoms with E-state index in [0.717, 1.165) is 5.56 Å². The Morgan fingerprint density at radius 3 is 1.95 bits per heavy atom. The Balaban J connectivity index is 0.00000506. The van der Waals surface area contributed by atoms with Crippen LogP contribution in [0.4, 0.5) is 26.3 Å². The Morgan fingerprint density at radius 1 is 0.884 bits per heavy atom. The Kier molecular flexibility index (Phi) is 11.1. The summed E-state index contributed by atoms with van der Waals surface area (Å²) in [5, 5.41) is 11.2. The van der Waals surface area contributed by atoms with Gasteiger partial charge in [-0.1, -0.05) is 59.6 Å². The van der Waals surface area contributed by atoms with Gasteiger partial charge in [0.15, 0.2) is 0 Å². The Bertz CT molecular complexity index is 1380. The summed E-state index contributed by atoms with van der Waals surface area (Å²) in [5.74, 6) is -2.23. The maximum absolute atomic E-state index is 13.8. The second-order valence-corrected chi connectivity index (χ2v) is 11.3. The number of likely N-dealkylation sites (tertiary alicyclic amines) is 1. The van der Waals surface area contributed by atoms with Crippen LogP contribution in [0.25, 0.3) is 0 Å². The fraction of sp³-hybridized carbons (Fsp3) is 0.367. The van der Waals surface area contributed by atoms with Crippen molar-refractivity contribution in [3.8, 4) is 0 Å². The summed E-state index contributed by atoms with van der Waals surface area (Å²) in [6, 6.07) is 14.4. The molecule has 0 aromatic heterocycles. The molecule has 3 aromatic rings. The van der Waals surface area contributed by atoms with Gasteiger partial charge >= 0.3 is 12.4 Å². The molecule has 0 radical (unpaired) electrons. The van der Waals surface area contributed by atoms with Gasteiger partial charge in [-0.25, -0.2) is 0 Å². The predicted octanol–water partition coefficient (Wildman–Crippen LogP) is 8.03. The van der Waals surface area contributed by atoms with Gasteiger partial charge in [0.25, 0.3) is 0 Å². The van der Waals surface area contributed by atoms with Crippen LogP contribution in [0.15, 0.2) is 66.7 Å². The number of benzene rings is 3. The van der Waals surface area contributed by atoms with Crippen LogP contribution in [-0.2, 0) is 22.7 Å². The van der Waals surface area contributed by atoms with Crippen molar-refractivity contribution in [3.05, 3.63) is 105 Å². The number of piperidine rings is 1. The molecule has 1 saturated heterocycles. The van der Waals surface area contributed by atoms with Gasteiger partial charge < -0.3 is 14.9 Å². The maximum Gasteiger partial charge on any atom is 0.416 e. The van der Waals surface area contributed by atoms with E-state index in [0.29, 0.717) is 44.6 Å². The highest BCUT2D eigenvalue weighted by molar-refractivity contribution is 6.42. The molecule has 13 heteroatoms. The molecule has 0 saturated carbocycles. The van der Waals surface area contributed by atoms with E-state index < -0.39 is 46.5 Å². The summed E-state index contributed by atoms with van der Waals surface area (Å²) >= 11 is 12.1. The molecule has 1 amide bonds. The third-order valence-electron chi connectivity index (χ3n) is 7.59. The molecule has 234 valence electrons. The second-order valence-electron chi connectivity index (χ2n) is 10.4. The Labute approximate surface area is 261 Å². The van der Waals surface area contributed by atoms with Crippen molar-refractivity contribution in [3.63, 3.8) is 0 Å². The second kappa shape index (κ2) is 13.6. The van der Waals surface area contributed by atoms with E-state index in [1.165, 1.54) is 30.1 Å². The molecule has 1 aliphatic heterocycles. The number of amides is 1. The van der Waals surface area contributed by atoms with E-state index in [9.17, 15) is 36.2 Å². The van der Waals surface area contributed by atoms with Gasteiger partial charge in [-0.3, -0.25) is 4.79 Å². The van der Waals surface area contributed by atoms with E-state index in [1.807, 2.05) is 35.2 Å². The molecule has 1 aliphatic rings. The lowest BCUT2D eigenvalue weighted by Crippen LogP contribution is -2.45. The lowest BCUT2D eigenvalue weighted by Gasteiger charge is -2.39. The van der Waals surface area contributed by atoms with Gasteiger partial charge in [0.1, 0.15) is 0 Å². The molecular formula is C30H29Cl3F6N2O2. The van der Waals surface area contributed by atoms with Crippen molar-refractivity contribution in [1.82, 2.24) is 9.80 Å². The molecule has 1 fully saturated rings. The smallest absolute Gasteiger partial charge is 0.385 e. The summed E-state index contributed by atoms with van der Waals surface area (Å²) in [6.07, 6.45) is -9.23. The molecule has 1 atom stereocenters. The average Bonchev–Trinajstić information content (AvgIpc) is 2.94.